The quantitative estimate of drug-likeness (QED) is 0.277. The standard InChI is InChI=1S/C28H31N5O6S2/c1-17-19(5-4-6-24(17)33(40(36)37)16-41(3,38)39)20-9-10-22(27(29)34)26-25(20)21-8-7-18(15-23(21)30-26)28(35)32-13-11-31(2)12-14-32/h4-10,15,30H,11-14,16H2,1-3H3,(H2,29,34)(H,36,37). The first-order chi connectivity index (χ1) is 19.4. The summed E-state index contributed by atoms with van der Waals surface area (Å²) in [6, 6.07) is 13.8. The predicted molar refractivity (Wildman–Crippen MR) is 161 cm³/mol. The van der Waals surface area contributed by atoms with E-state index in [4.69, 9.17) is 5.73 Å². The number of likely N-dealkylation sites (N-methyl/N-ethyl adjacent to an activating group) is 1. The fourth-order valence-electron chi connectivity index (χ4n) is 5.36. The summed E-state index contributed by atoms with van der Waals surface area (Å²) in [5.41, 5.74) is 9.89. The molecule has 4 aromatic rings. The number of nitrogens with zero attached hydrogens (tertiary/aromatic N) is 3. The zero-order valence-corrected chi connectivity index (χ0v) is 24.5. The van der Waals surface area contributed by atoms with E-state index in [1.165, 1.54) is 0 Å². The van der Waals surface area contributed by atoms with E-state index < -0.39 is 32.9 Å². The van der Waals surface area contributed by atoms with Crippen molar-refractivity contribution in [1.82, 2.24) is 14.8 Å². The molecular formula is C28H31N5O6S2. The third-order valence-electron chi connectivity index (χ3n) is 7.46. The Morgan fingerprint density at radius 2 is 1.78 bits per heavy atom. The number of rotatable bonds is 7. The van der Waals surface area contributed by atoms with Crippen LogP contribution in [0.3, 0.4) is 0 Å². The highest BCUT2D eigenvalue weighted by Crippen LogP contribution is 2.40. The van der Waals surface area contributed by atoms with Gasteiger partial charge in [-0.3, -0.25) is 18.4 Å². The van der Waals surface area contributed by atoms with Crippen LogP contribution in [0.25, 0.3) is 32.9 Å². The van der Waals surface area contributed by atoms with Crippen LogP contribution in [0, 0.1) is 6.92 Å². The van der Waals surface area contributed by atoms with E-state index >= 15 is 0 Å². The topological polar surface area (TPSA) is 157 Å². The van der Waals surface area contributed by atoms with Gasteiger partial charge in [0.05, 0.1) is 16.8 Å². The zero-order valence-electron chi connectivity index (χ0n) is 22.9. The maximum absolute atomic E-state index is 13.3. The number of hydrogen-bond donors (Lipinski definition) is 3. The van der Waals surface area contributed by atoms with Gasteiger partial charge in [0.2, 0.25) is 0 Å². The van der Waals surface area contributed by atoms with Gasteiger partial charge in [0.15, 0.2) is 9.84 Å². The summed E-state index contributed by atoms with van der Waals surface area (Å²) in [5.74, 6) is -1.34. The number of hydrogen-bond acceptors (Lipinski definition) is 6. The van der Waals surface area contributed by atoms with Crippen LogP contribution >= 0.6 is 0 Å². The maximum atomic E-state index is 13.3. The Bertz CT molecular complexity index is 1830. The van der Waals surface area contributed by atoms with E-state index in [0.29, 0.717) is 51.8 Å². The van der Waals surface area contributed by atoms with Crippen molar-refractivity contribution < 1.29 is 26.8 Å². The lowest BCUT2D eigenvalue weighted by Crippen LogP contribution is -2.47. The molecule has 1 aromatic heterocycles. The average Bonchev–Trinajstić information content (AvgIpc) is 3.30. The van der Waals surface area contributed by atoms with E-state index in [-0.39, 0.29) is 17.2 Å². The molecule has 41 heavy (non-hydrogen) atoms. The smallest absolute Gasteiger partial charge is 0.262 e. The molecule has 5 rings (SSSR count). The molecule has 0 aliphatic carbocycles. The van der Waals surface area contributed by atoms with Crippen LogP contribution in [0.2, 0.25) is 0 Å². The molecule has 1 atom stereocenters. The first kappa shape index (κ1) is 28.7. The van der Waals surface area contributed by atoms with Crippen LogP contribution in [0.5, 0.6) is 0 Å². The number of carbonyl (C=O) groups excluding carboxylic acids is 2. The highest BCUT2D eigenvalue weighted by atomic mass is 32.2. The fourth-order valence-corrected chi connectivity index (χ4v) is 7.23. The van der Waals surface area contributed by atoms with Gasteiger partial charge in [-0.25, -0.2) is 12.6 Å². The number of primary amides is 1. The molecule has 0 bridgehead atoms. The molecule has 13 heteroatoms. The lowest BCUT2D eigenvalue weighted by molar-refractivity contribution is 0.0664. The van der Waals surface area contributed by atoms with Gasteiger partial charge in [-0.1, -0.05) is 24.3 Å². The van der Waals surface area contributed by atoms with Crippen LogP contribution in [-0.2, 0) is 21.1 Å². The number of benzene rings is 3. The number of carbonyl (C=O) groups is 2. The van der Waals surface area contributed by atoms with Gasteiger partial charge < -0.3 is 20.5 Å². The van der Waals surface area contributed by atoms with E-state index in [2.05, 4.69) is 9.88 Å². The maximum Gasteiger partial charge on any atom is 0.262 e. The SMILES string of the molecule is Cc1c(-c2ccc(C(N)=O)c3[nH]c4cc(C(=O)N5CCN(C)CC5)ccc4c23)cccc1N(CS(C)(=O)=O)S(=O)O. The van der Waals surface area contributed by atoms with E-state index in [9.17, 15) is 26.8 Å². The minimum Gasteiger partial charge on any atom is -0.366 e. The molecule has 1 aliphatic heterocycles. The van der Waals surface area contributed by atoms with Gasteiger partial charge in [0.1, 0.15) is 5.88 Å². The number of anilines is 1. The summed E-state index contributed by atoms with van der Waals surface area (Å²) in [7, 11) is -1.60. The van der Waals surface area contributed by atoms with Gasteiger partial charge in [0.25, 0.3) is 23.1 Å². The molecular weight excluding hydrogens is 566 g/mol. The minimum atomic E-state index is -3.62. The third-order valence-corrected chi connectivity index (χ3v) is 9.05. The Hall–Kier alpha value is -3.78. The van der Waals surface area contributed by atoms with Crippen LogP contribution in [-0.4, -0.2) is 89.1 Å². The number of piperazine rings is 1. The van der Waals surface area contributed by atoms with Gasteiger partial charge in [-0.2, -0.15) is 0 Å². The number of amides is 2. The van der Waals surface area contributed by atoms with Crippen LogP contribution in [0.4, 0.5) is 5.69 Å². The van der Waals surface area contributed by atoms with Gasteiger partial charge >= 0.3 is 0 Å². The molecule has 1 fully saturated rings. The summed E-state index contributed by atoms with van der Waals surface area (Å²) in [6.07, 6.45) is 0.993. The molecule has 1 saturated heterocycles. The number of nitrogens with two attached hydrogens (primary N) is 1. The average molecular weight is 598 g/mol. The molecule has 2 amide bonds. The van der Waals surface area contributed by atoms with Crippen molar-refractivity contribution in [2.45, 2.75) is 6.92 Å². The van der Waals surface area contributed by atoms with Crippen LogP contribution in [0.1, 0.15) is 26.3 Å². The monoisotopic (exact) mass is 597 g/mol. The molecule has 3 aromatic carbocycles. The second kappa shape index (κ2) is 10.9. The first-order valence-corrected chi connectivity index (χ1v) is 16.0. The van der Waals surface area contributed by atoms with Gasteiger partial charge in [-0.05, 0) is 54.9 Å². The summed E-state index contributed by atoms with van der Waals surface area (Å²) in [4.78, 5) is 32.9. The van der Waals surface area contributed by atoms with Crippen molar-refractivity contribution >= 4 is 60.4 Å². The number of fused-ring (bicyclic) bond motifs is 3. The van der Waals surface area contributed by atoms with E-state index in [1.54, 1.807) is 43.3 Å². The Morgan fingerprint density at radius 1 is 1.07 bits per heavy atom. The van der Waals surface area contributed by atoms with E-state index in [0.717, 1.165) is 29.0 Å². The number of H-pyrrole nitrogens is 1. The first-order valence-electron chi connectivity index (χ1n) is 12.9. The van der Waals surface area contributed by atoms with Crippen LogP contribution in [0.15, 0.2) is 48.5 Å². The second-order valence-corrected chi connectivity index (χ2v) is 13.4. The van der Waals surface area contributed by atoms with Crippen molar-refractivity contribution in [3.63, 3.8) is 0 Å². The molecule has 0 radical (unpaired) electrons. The number of aromatic amines is 1. The van der Waals surface area contributed by atoms with E-state index in [1.807, 2.05) is 24.1 Å². The number of aromatic nitrogens is 1. The van der Waals surface area contributed by atoms with Crippen molar-refractivity contribution in [2.24, 2.45) is 5.73 Å². The normalized spacial score (nSPS) is 15.4. The molecule has 4 N–H and O–H groups in total. The van der Waals surface area contributed by atoms with Gasteiger partial charge in [-0.15, -0.1) is 0 Å². The lowest BCUT2D eigenvalue weighted by atomic mass is 9.93. The molecule has 11 nitrogen and oxygen atoms in total. The predicted octanol–water partition coefficient (Wildman–Crippen LogP) is 2.73. The Kier molecular flexibility index (Phi) is 7.64. The summed E-state index contributed by atoms with van der Waals surface area (Å²) < 4.78 is 47.0. The van der Waals surface area contributed by atoms with Gasteiger partial charge in [0, 0.05) is 54.3 Å². The minimum absolute atomic E-state index is 0.0690. The molecule has 2 heterocycles. The van der Waals surface area contributed by atoms with Crippen molar-refractivity contribution in [3.8, 4) is 11.1 Å². The molecule has 0 saturated carbocycles. The highest BCUT2D eigenvalue weighted by molar-refractivity contribution is 7.92. The molecule has 216 valence electrons. The summed E-state index contributed by atoms with van der Waals surface area (Å²) in [6.45, 7) is 4.62. The summed E-state index contributed by atoms with van der Waals surface area (Å²) >= 11 is -2.59. The van der Waals surface area contributed by atoms with Crippen LogP contribution < -0.4 is 10.0 Å². The molecule has 1 unspecified atom stereocenters. The lowest BCUT2D eigenvalue weighted by Gasteiger charge is -2.32. The van der Waals surface area contributed by atoms with Crippen molar-refractivity contribution in [3.05, 3.63) is 65.2 Å². The zero-order chi connectivity index (χ0) is 29.6. The third kappa shape index (κ3) is 5.58. The highest BCUT2D eigenvalue weighted by Gasteiger charge is 2.25. The number of nitrogens with one attached hydrogen (secondary N) is 1. The van der Waals surface area contributed by atoms with Crippen molar-refractivity contribution in [2.75, 3.05) is 49.7 Å². The molecule has 0 spiro atoms. The summed E-state index contributed by atoms with van der Waals surface area (Å²) in [5, 5.41) is 1.45. The number of sulfone groups is 1. The fraction of sp³-hybridized carbons (Fsp3) is 0.286. The van der Waals surface area contributed by atoms with Crippen molar-refractivity contribution in [1.29, 1.82) is 0 Å². The Balaban J connectivity index is 1.68. The Morgan fingerprint density at radius 3 is 2.41 bits per heavy atom. The largest absolute Gasteiger partial charge is 0.366 e. The Labute approximate surface area is 240 Å². The molecule has 1 aliphatic rings. The second-order valence-electron chi connectivity index (χ2n) is 10.4.